The minimum atomic E-state index is -0.657. The molecule has 0 saturated heterocycles. The van der Waals surface area contributed by atoms with E-state index in [2.05, 4.69) is 4.98 Å². The predicted molar refractivity (Wildman–Crippen MR) is 114 cm³/mol. The Balaban J connectivity index is 1.55. The molecule has 1 aliphatic heterocycles. The first-order chi connectivity index (χ1) is 15.3. The Kier molecular flexibility index (Phi) is 5.63. The Labute approximate surface area is 182 Å². The van der Waals surface area contributed by atoms with Gasteiger partial charge in [0, 0.05) is 48.6 Å². The number of amides is 2. The third kappa shape index (κ3) is 4.18. The Morgan fingerprint density at radius 1 is 1.16 bits per heavy atom. The molecule has 0 bridgehead atoms. The normalized spacial score (nSPS) is 12.7. The van der Waals surface area contributed by atoms with Crippen LogP contribution in [0, 0.1) is 5.82 Å². The van der Waals surface area contributed by atoms with E-state index in [-0.39, 0.29) is 41.3 Å². The summed E-state index contributed by atoms with van der Waals surface area (Å²) in [5.74, 6) is -0.0513. The molecule has 0 fully saturated rings. The van der Waals surface area contributed by atoms with Gasteiger partial charge in [-0.15, -0.1) is 0 Å². The standard InChI is InChI=1S/C23H20FN3O5/c1-26(2)22(29)31-16-9-8-14-12-27(23(30)32-19(14)11-16)13-15-5-3-6-17(20(15)24)18-7-4-10-25-21(18)28/h3-11H,12-13H2,1-2H3,(H,25,28). The molecular formula is C23H20FN3O5. The number of H-pyrrole nitrogens is 1. The maximum absolute atomic E-state index is 15.2. The number of hydrogen-bond acceptors (Lipinski definition) is 5. The lowest BCUT2D eigenvalue weighted by molar-refractivity contribution is 0.134. The average Bonchev–Trinajstić information content (AvgIpc) is 2.76. The number of rotatable bonds is 4. The summed E-state index contributed by atoms with van der Waals surface area (Å²) < 4.78 is 25.7. The van der Waals surface area contributed by atoms with E-state index in [1.807, 2.05) is 0 Å². The zero-order valence-electron chi connectivity index (χ0n) is 17.4. The third-order valence-electron chi connectivity index (χ3n) is 4.97. The number of aromatic amines is 1. The number of aromatic nitrogens is 1. The van der Waals surface area contributed by atoms with Crippen molar-refractivity contribution in [3.8, 4) is 22.6 Å². The summed E-state index contributed by atoms with van der Waals surface area (Å²) >= 11 is 0. The summed E-state index contributed by atoms with van der Waals surface area (Å²) in [7, 11) is 3.11. The van der Waals surface area contributed by atoms with Gasteiger partial charge in [-0.3, -0.25) is 9.69 Å². The summed E-state index contributed by atoms with van der Waals surface area (Å²) in [4.78, 5) is 41.5. The van der Waals surface area contributed by atoms with E-state index in [1.165, 1.54) is 34.2 Å². The van der Waals surface area contributed by atoms with E-state index in [4.69, 9.17) is 9.47 Å². The molecule has 1 N–H and O–H groups in total. The minimum Gasteiger partial charge on any atom is -0.410 e. The number of benzene rings is 2. The number of carbonyl (C=O) groups is 2. The van der Waals surface area contributed by atoms with Crippen molar-refractivity contribution in [1.82, 2.24) is 14.8 Å². The van der Waals surface area contributed by atoms with Gasteiger partial charge in [0.05, 0.1) is 13.1 Å². The second kappa shape index (κ2) is 8.54. The van der Waals surface area contributed by atoms with Crippen LogP contribution >= 0.6 is 0 Å². The average molecular weight is 437 g/mol. The lowest BCUT2D eigenvalue weighted by Gasteiger charge is -2.28. The van der Waals surface area contributed by atoms with Crippen molar-refractivity contribution < 1.29 is 23.5 Å². The topological polar surface area (TPSA) is 91.9 Å². The smallest absolute Gasteiger partial charge is 0.410 e. The van der Waals surface area contributed by atoms with Crippen molar-refractivity contribution >= 4 is 12.2 Å². The molecule has 2 amide bonds. The molecule has 1 aromatic heterocycles. The molecule has 1 aliphatic rings. The van der Waals surface area contributed by atoms with Crippen molar-refractivity contribution in [2.24, 2.45) is 0 Å². The van der Waals surface area contributed by atoms with Crippen molar-refractivity contribution in [3.63, 3.8) is 0 Å². The fourth-order valence-electron chi connectivity index (χ4n) is 3.31. The first-order valence-electron chi connectivity index (χ1n) is 9.78. The van der Waals surface area contributed by atoms with E-state index in [9.17, 15) is 14.4 Å². The Hall–Kier alpha value is -4.14. The third-order valence-corrected chi connectivity index (χ3v) is 4.97. The van der Waals surface area contributed by atoms with Crippen LogP contribution in [0.5, 0.6) is 11.5 Å². The van der Waals surface area contributed by atoms with Crippen LogP contribution in [0.15, 0.2) is 59.5 Å². The number of ether oxygens (including phenoxy) is 2. The molecule has 3 aromatic rings. The van der Waals surface area contributed by atoms with E-state index >= 15 is 4.39 Å². The number of carbonyl (C=O) groups excluding carboxylic acids is 2. The molecule has 0 saturated carbocycles. The van der Waals surface area contributed by atoms with Gasteiger partial charge < -0.3 is 19.4 Å². The van der Waals surface area contributed by atoms with Gasteiger partial charge in [0.15, 0.2) is 0 Å². The zero-order chi connectivity index (χ0) is 22.8. The molecule has 4 rings (SSSR count). The maximum atomic E-state index is 15.2. The highest BCUT2D eigenvalue weighted by Crippen LogP contribution is 2.32. The van der Waals surface area contributed by atoms with Gasteiger partial charge in [-0.05, 0) is 24.3 Å². The highest BCUT2D eigenvalue weighted by molar-refractivity contribution is 5.75. The van der Waals surface area contributed by atoms with Gasteiger partial charge in [0.2, 0.25) is 0 Å². The van der Waals surface area contributed by atoms with Crippen LogP contribution in [0.1, 0.15) is 11.1 Å². The quantitative estimate of drug-likeness (QED) is 0.671. The molecular weight excluding hydrogens is 417 g/mol. The molecule has 2 heterocycles. The van der Waals surface area contributed by atoms with Gasteiger partial charge >= 0.3 is 12.2 Å². The highest BCUT2D eigenvalue weighted by atomic mass is 19.1. The fraction of sp³-hybridized carbons (Fsp3) is 0.174. The van der Waals surface area contributed by atoms with Crippen LogP contribution in [0.2, 0.25) is 0 Å². The van der Waals surface area contributed by atoms with Crippen LogP contribution < -0.4 is 15.0 Å². The monoisotopic (exact) mass is 437 g/mol. The van der Waals surface area contributed by atoms with Gasteiger partial charge in [-0.1, -0.05) is 18.2 Å². The van der Waals surface area contributed by atoms with Crippen LogP contribution in [0.4, 0.5) is 14.0 Å². The number of nitrogens with one attached hydrogen (secondary N) is 1. The number of hydrogen-bond donors (Lipinski definition) is 1. The van der Waals surface area contributed by atoms with Crippen molar-refractivity contribution in [3.05, 3.63) is 82.0 Å². The molecule has 164 valence electrons. The molecule has 8 nitrogen and oxygen atoms in total. The fourth-order valence-corrected chi connectivity index (χ4v) is 3.31. The van der Waals surface area contributed by atoms with Gasteiger partial charge in [0.25, 0.3) is 5.56 Å². The zero-order valence-corrected chi connectivity index (χ0v) is 17.4. The van der Waals surface area contributed by atoms with E-state index in [0.29, 0.717) is 5.56 Å². The van der Waals surface area contributed by atoms with E-state index < -0.39 is 23.6 Å². The van der Waals surface area contributed by atoms with Gasteiger partial charge in [-0.25, -0.2) is 14.0 Å². The molecule has 2 aromatic carbocycles. The lowest BCUT2D eigenvalue weighted by atomic mass is 10.0. The second-order valence-corrected chi connectivity index (χ2v) is 7.45. The molecule has 0 radical (unpaired) electrons. The van der Waals surface area contributed by atoms with Crippen molar-refractivity contribution in [2.75, 3.05) is 14.1 Å². The van der Waals surface area contributed by atoms with Crippen LogP contribution in [-0.4, -0.2) is 41.1 Å². The Morgan fingerprint density at radius 2 is 1.94 bits per heavy atom. The van der Waals surface area contributed by atoms with E-state index in [0.717, 1.165) is 0 Å². The minimum absolute atomic E-state index is 0.0416. The summed E-state index contributed by atoms with van der Waals surface area (Å²) in [5, 5.41) is 0. The Bertz CT molecular complexity index is 1250. The molecule has 0 unspecified atom stereocenters. The number of fused-ring (bicyclic) bond motifs is 1. The largest absolute Gasteiger partial charge is 0.415 e. The summed E-state index contributed by atoms with van der Waals surface area (Å²) in [6.45, 7) is 0.145. The van der Waals surface area contributed by atoms with Crippen molar-refractivity contribution in [2.45, 2.75) is 13.1 Å². The molecule has 32 heavy (non-hydrogen) atoms. The first kappa shape index (κ1) is 21.1. The summed E-state index contributed by atoms with van der Waals surface area (Å²) in [6.07, 6.45) is 0.263. The van der Waals surface area contributed by atoms with Crippen LogP contribution in [-0.2, 0) is 13.1 Å². The number of nitrogens with zero attached hydrogens (tertiary/aromatic N) is 2. The van der Waals surface area contributed by atoms with Crippen LogP contribution in [0.3, 0.4) is 0 Å². The van der Waals surface area contributed by atoms with Crippen molar-refractivity contribution in [1.29, 1.82) is 0 Å². The number of pyridine rings is 1. The maximum Gasteiger partial charge on any atom is 0.415 e. The second-order valence-electron chi connectivity index (χ2n) is 7.45. The number of halogens is 1. The molecule has 0 atom stereocenters. The summed E-state index contributed by atoms with van der Waals surface area (Å²) in [5.41, 5.74) is 0.898. The SMILES string of the molecule is CN(C)C(=O)Oc1ccc2c(c1)OC(=O)N(Cc1cccc(-c3ccc[nH]c3=O)c1F)C2. The highest BCUT2D eigenvalue weighted by Gasteiger charge is 2.27. The predicted octanol–water partition coefficient (Wildman–Crippen LogP) is 3.76. The molecule has 9 heteroatoms. The summed E-state index contributed by atoms with van der Waals surface area (Å²) in [6, 6.07) is 12.6. The van der Waals surface area contributed by atoms with Gasteiger partial charge in [0.1, 0.15) is 17.3 Å². The first-order valence-corrected chi connectivity index (χ1v) is 9.78. The molecule has 0 aliphatic carbocycles. The van der Waals surface area contributed by atoms with Crippen LogP contribution in [0.25, 0.3) is 11.1 Å². The molecule has 0 spiro atoms. The van der Waals surface area contributed by atoms with E-state index in [1.54, 1.807) is 44.4 Å². The Morgan fingerprint density at radius 3 is 2.69 bits per heavy atom. The van der Waals surface area contributed by atoms with Gasteiger partial charge in [-0.2, -0.15) is 0 Å². The lowest BCUT2D eigenvalue weighted by Crippen LogP contribution is -2.36.